The van der Waals surface area contributed by atoms with Crippen molar-refractivity contribution in [2.24, 2.45) is 0 Å². The van der Waals surface area contributed by atoms with Crippen LogP contribution in [0.3, 0.4) is 0 Å². The van der Waals surface area contributed by atoms with E-state index >= 15 is 0 Å². The van der Waals surface area contributed by atoms with E-state index in [1.165, 1.54) is 14.2 Å². The fourth-order valence-corrected chi connectivity index (χ4v) is 2.25. The summed E-state index contributed by atoms with van der Waals surface area (Å²) in [6.07, 6.45) is -4.49. The molecule has 6 nitrogen and oxygen atoms in total. The van der Waals surface area contributed by atoms with Crippen LogP contribution in [0.5, 0.6) is 11.5 Å². The van der Waals surface area contributed by atoms with E-state index in [4.69, 9.17) is 14.2 Å². The molecule has 0 radical (unpaired) electrons. The molecule has 0 saturated carbocycles. The first-order chi connectivity index (χ1) is 13.2. The van der Waals surface area contributed by atoms with Crippen LogP contribution in [-0.2, 0) is 22.3 Å². The van der Waals surface area contributed by atoms with Crippen molar-refractivity contribution in [3.8, 4) is 11.5 Å². The molecule has 0 unspecified atom stereocenters. The molecule has 0 atom stereocenters. The lowest BCUT2D eigenvalue weighted by molar-refractivity contribution is -0.137. The van der Waals surface area contributed by atoms with Crippen LogP contribution in [0.1, 0.15) is 21.5 Å². The van der Waals surface area contributed by atoms with Gasteiger partial charge in [-0.25, -0.2) is 4.79 Å². The van der Waals surface area contributed by atoms with Gasteiger partial charge in [0.2, 0.25) is 0 Å². The molecule has 0 aliphatic heterocycles. The van der Waals surface area contributed by atoms with Gasteiger partial charge in [0.25, 0.3) is 5.91 Å². The van der Waals surface area contributed by atoms with Gasteiger partial charge in [-0.05, 0) is 42.0 Å². The van der Waals surface area contributed by atoms with Gasteiger partial charge in [0.1, 0.15) is 0 Å². The molecule has 2 aromatic carbocycles. The Kier molecular flexibility index (Phi) is 6.86. The number of rotatable bonds is 7. The first kappa shape index (κ1) is 21.1. The van der Waals surface area contributed by atoms with Gasteiger partial charge in [-0.2, -0.15) is 13.2 Å². The second kappa shape index (κ2) is 9.12. The maximum Gasteiger partial charge on any atom is 0.416 e. The summed E-state index contributed by atoms with van der Waals surface area (Å²) in [5.74, 6) is -0.406. The Bertz CT molecular complexity index is 834. The van der Waals surface area contributed by atoms with Crippen LogP contribution in [0.4, 0.5) is 13.2 Å². The van der Waals surface area contributed by atoms with Crippen LogP contribution >= 0.6 is 0 Å². The lowest BCUT2D eigenvalue weighted by Gasteiger charge is -2.11. The van der Waals surface area contributed by atoms with Crippen LogP contribution in [0, 0.1) is 0 Å². The van der Waals surface area contributed by atoms with E-state index in [9.17, 15) is 22.8 Å². The summed E-state index contributed by atoms with van der Waals surface area (Å²) in [5, 5.41) is 2.56. The van der Waals surface area contributed by atoms with E-state index in [2.05, 4.69) is 5.32 Å². The predicted octanol–water partition coefficient (Wildman–Crippen LogP) is 3.20. The van der Waals surface area contributed by atoms with Crippen molar-refractivity contribution in [1.29, 1.82) is 0 Å². The number of carbonyl (C=O) groups excluding carboxylic acids is 2. The van der Waals surface area contributed by atoms with Gasteiger partial charge in [0, 0.05) is 6.54 Å². The van der Waals surface area contributed by atoms with Gasteiger partial charge in [-0.1, -0.05) is 6.07 Å². The Hall–Kier alpha value is -3.23. The minimum Gasteiger partial charge on any atom is -0.493 e. The number of esters is 1. The van der Waals surface area contributed by atoms with Crippen LogP contribution in [0.25, 0.3) is 0 Å². The van der Waals surface area contributed by atoms with Crippen LogP contribution in [0.2, 0.25) is 0 Å². The first-order valence-electron chi connectivity index (χ1n) is 8.06. The minimum atomic E-state index is -4.49. The fourth-order valence-electron chi connectivity index (χ4n) is 2.25. The van der Waals surface area contributed by atoms with Crippen molar-refractivity contribution < 1.29 is 37.0 Å². The zero-order chi connectivity index (χ0) is 20.7. The predicted molar refractivity (Wildman–Crippen MR) is 93.1 cm³/mol. The van der Waals surface area contributed by atoms with Crippen molar-refractivity contribution in [2.45, 2.75) is 12.7 Å². The zero-order valence-electron chi connectivity index (χ0n) is 15.1. The number of alkyl halides is 3. The number of nitrogens with one attached hydrogen (secondary N) is 1. The van der Waals surface area contributed by atoms with Crippen molar-refractivity contribution in [3.63, 3.8) is 0 Å². The average molecular weight is 397 g/mol. The smallest absolute Gasteiger partial charge is 0.416 e. The number of carbonyl (C=O) groups is 2. The van der Waals surface area contributed by atoms with Gasteiger partial charge in [-0.3, -0.25) is 4.79 Å². The molecule has 0 fully saturated rings. The fraction of sp³-hybridized carbons (Fsp3) is 0.263. The number of amides is 1. The van der Waals surface area contributed by atoms with Crippen LogP contribution in [-0.4, -0.2) is 32.7 Å². The topological polar surface area (TPSA) is 73.9 Å². The Morgan fingerprint density at radius 2 is 1.61 bits per heavy atom. The molecule has 0 heterocycles. The molecule has 1 amide bonds. The molecule has 0 saturated heterocycles. The number of hydrogen-bond donors (Lipinski definition) is 1. The minimum absolute atomic E-state index is 0.0827. The molecule has 0 spiro atoms. The summed E-state index contributed by atoms with van der Waals surface area (Å²) in [6.45, 7) is -0.399. The van der Waals surface area contributed by atoms with E-state index in [1.54, 1.807) is 18.2 Å². The normalized spacial score (nSPS) is 10.9. The highest BCUT2D eigenvalue weighted by Gasteiger charge is 2.30. The number of methoxy groups -OCH3 is 2. The van der Waals surface area contributed by atoms with Crippen LogP contribution < -0.4 is 14.8 Å². The Balaban J connectivity index is 1.84. The molecule has 28 heavy (non-hydrogen) atoms. The summed E-state index contributed by atoms with van der Waals surface area (Å²) in [6, 6.07) is 8.63. The number of halogens is 3. The third-order valence-corrected chi connectivity index (χ3v) is 3.72. The van der Waals surface area contributed by atoms with E-state index in [0.29, 0.717) is 11.5 Å². The highest BCUT2D eigenvalue weighted by Crippen LogP contribution is 2.29. The molecule has 0 aliphatic rings. The Morgan fingerprint density at radius 1 is 0.964 bits per heavy atom. The van der Waals surface area contributed by atoms with Gasteiger partial charge < -0.3 is 19.5 Å². The molecular formula is C19H18F3NO5. The second-order valence-corrected chi connectivity index (χ2v) is 5.62. The Labute approximate surface area is 159 Å². The molecule has 2 aromatic rings. The summed E-state index contributed by atoms with van der Waals surface area (Å²) < 4.78 is 52.6. The standard InChI is InChI=1S/C19H18F3NO5/c1-26-15-8-3-12(9-16(15)27-2)10-23-17(24)11-28-18(25)13-4-6-14(7-5-13)19(20,21)22/h3-9H,10-11H2,1-2H3,(H,23,24). The van der Waals surface area contributed by atoms with E-state index in [-0.39, 0.29) is 12.1 Å². The van der Waals surface area contributed by atoms with E-state index in [0.717, 1.165) is 29.8 Å². The van der Waals surface area contributed by atoms with E-state index < -0.39 is 30.2 Å². The lowest BCUT2D eigenvalue weighted by atomic mass is 10.1. The summed E-state index contributed by atoms with van der Waals surface area (Å²) in [4.78, 5) is 23.6. The monoisotopic (exact) mass is 397 g/mol. The van der Waals surface area contributed by atoms with Gasteiger partial charge in [-0.15, -0.1) is 0 Å². The van der Waals surface area contributed by atoms with Crippen molar-refractivity contribution in [3.05, 3.63) is 59.2 Å². The van der Waals surface area contributed by atoms with Gasteiger partial charge in [0.05, 0.1) is 25.3 Å². The highest BCUT2D eigenvalue weighted by atomic mass is 19.4. The molecule has 0 bridgehead atoms. The first-order valence-corrected chi connectivity index (χ1v) is 8.06. The van der Waals surface area contributed by atoms with Gasteiger partial charge >= 0.3 is 12.1 Å². The summed E-state index contributed by atoms with van der Waals surface area (Å²) in [5.41, 5.74) is -0.225. The average Bonchev–Trinajstić information content (AvgIpc) is 2.69. The van der Waals surface area contributed by atoms with E-state index in [1.807, 2.05) is 0 Å². The third kappa shape index (κ3) is 5.63. The molecule has 1 N–H and O–H groups in total. The quantitative estimate of drug-likeness (QED) is 0.727. The zero-order valence-corrected chi connectivity index (χ0v) is 15.1. The molecular weight excluding hydrogens is 379 g/mol. The SMILES string of the molecule is COc1ccc(CNC(=O)COC(=O)c2ccc(C(F)(F)F)cc2)cc1OC. The molecule has 2 rings (SSSR count). The maximum atomic E-state index is 12.5. The second-order valence-electron chi connectivity index (χ2n) is 5.62. The largest absolute Gasteiger partial charge is 0.493 e. The Morgan fingerprint density at radius 3 is 2.18 bits per heavy atom. The summed E-state index contributed by atoms with van der Waals surface area (Å²) in [7, 11) is 2.99. The maximum absolute atomic E-state index is 12.5. The molecule has 0 aromatic heterocycles. The van der Waals surface area contributed by atoms with Gasteiger partial charge in [0.15, 0.2) is 18.1 Å². The lowest BCUT2D eigenvalue weighted by Crippen LogP contribution is -2.28. The molecule has 0 aliphatic carbocycles. The third-order valence-electron chi connectivity index (χ3n) is 3.72. The van der Waals surface area contributed by atoms with Crippen molar-refractivity contribution in [2.75, 3.05) is 20.8 Å². The number of benzene rings is 2. The number of hydrogen-bond acceptors (Lipinski definition) is 5. The highest BCUT2D eigenvalue weighted by molar-refractivity contribution is 5.91. The molecule has 9 heteroatoms. The van der Waals surface area contributed by atoms with Crippen molar-refractivity contribution in [1.82, 2.24) is 5.32 Å². The molecule has 150 valence electrons. The summed E-state index contributed by atoms with van der Waals surface area (Å²) >= 11 is 0. The number of ether oxygens (including phenoxy) is 3. The van der Waals surface area contributed by atoms with Crippen molar-refractivity contribution >= 4 is 11.9 Å². The van der Waals surface area contributed by atoms with Crippen LogP contribution in [0.15, 0.2) is 42.5 Å².